The Balaban J connectivity index is -0.000000535. The number of carbonyl (C=O) groups excluding carboxylic acids is 12. The molecule has 8 amide bonds. The molecule has 0 aromatic heterocycles. The van der Waals surface area contributed by atoms with Gasteiger partial charge in [0.2, 0.25) is 47.3 Å². The summed E-state index contributed by atoms with van der Waals surface area (Å²) in [5, 5.41) is 15.9. The fourth-order valence-electron chi connectivity index (χ4n) is 6.96. The average Bonchev–Trinajstić information content (AvgIpc) is 1.92. The van der Waals surface area contributed by atoms with Crippen LogP contribution in [0.2, 0.25) is 0 Å². The summed E-state index contributed by atoms with van der Waals surface area (Å²) in [6, 6.07) is -3.34. The highest BCUT2D eigenvalue weighted by Gasteiger charge is 2.38. The Morgan fingerprint density at radius 2 is 0.614 bits per heavy atom. The van der Waals surface area contributed by atoms with Crippen molar-refractivity contribution >= 4 is 70.4 Å². The highest BCUT2D eigenvalue weighted by atomic mass is 16.2. The normalized spacial score (nSPS) is 13.4. The molecular formula is C64H124N12O12. The van der Waals surface area contributed by atoms with Gasteiger partial charge in [-0.2, -0.15) is 0 Å². The molecular weight excluding hydrogens is 1130 g/mol. The summed E-state index contributed by atoms with van der Waals surface area (Å²) in [5.74, 6) is -2.52. The number of likely N-dealkylation sites (N-methyl/N-ethyl adjacent to an activating group) is 2. The van der Waals surface area contributed by atoms with Crippen molar-refractivity contribution in [2.24, 2.45) is 66.3 Å². The molecule has 0 saturated carbocycles. The Hall–Kier alpha value is -5.72. The molecule has 0 heterocycles. The van der Waals surface area contributed by atoms with Crippen molar-refractivity contribution in [1.29, 1.82) is 0 Å². The Labute approximate surface area is 529 Å². The summed E-state index contributed by atoms with van der Waals surface area (Å²) in [4.78, 5) is 150. The van der Waals surface area contributed by atoms with E-state index in [9.17, 15) is 57.5 Å². The maximum atomic E-state index is 12.4. The van der Waals surface area contributed by atoms with Crippen LogP contribution in [0.15, 0.2) is 0 Å². The number of hydrogen-bond acceptors (Lipinski definition) is 16. The molecule has 14 N–H and O–H groups in total. The van der Waals surface area contributed by atoms with Gasteiger partial charge in [0.1, 0.15) is 47.3 Å². The van der Waals surface area contributed by atoms with Crippen LogP contribution in [0.25, 0.3) is 0 Å². The quantitative estimate of drug-likeness (QED) is 0.0588. The minimum Gasteiger partial charge on any atom is -0.353 e. The predicted molar refractivity (Wildman–Crippen MR) is 349 cm³/mol. The zero-order chi connectivity index (χ0) is 70.5. The van der Waals surface area contributed by atoms with Gasteiger partial charge in [-0.15, -0.1) is 0 Å². The third-order valence-electron chi connectivity index (χ3n) is 12.9. The molecule has 0 radical (unpaired) electrons. The van der Waals surface area contributed by atoms with Crippen LogP contribution in [0.4, 0.5) is 0 Å². The molecule has 0 saturated heterocycles. The first-order valence-corrected chi connectivity index (χ1v) is 30.5. The Morgan fingerprint density at radius 3 is 0.875 bits per heavy atom. The van der Waals surface area contributed by atoms with E-state index < -0.39 is 56.7 Å². The molecule has 4 atom stereocenters. The second-order valence-electron chi connectivity index (χ2n) is 30.9. The molecule has 0 bridgehead atoms. The topological polar surface area (TPSA) is 388 Å². The molecule has 0 rings (SSSR count). The molecule has 0 aliphatic carbocycles. The molecule has 88 heavy (non-hydrogen) atoms. The van der Waals surface area contributed by atoms with Gasteiger partial charge in [-0.25, -0.2) is 0 Å². The number of nitrogens with two attached hydrogens (primary N) is 4. The summed E-state index contributed by atoms with van der Waals surface area (Å²) in [6.07, 6.45) is 0.563. The maximum absolute atomic E-state index is 12.4. The standard InChI is InChI=1S/C17H33N3O3.2C16H31N3O3.C15H29N3O3/c1-16(2,3)11-14(22)20(7)12(15(23)19-9-8-18)10-13(21)17(4,5)6;1-15(2,3)12(20)10-11(13(21)18-9-8-17)19(7)14(22)16(4,5)6;1-15(2,3)10-13(21)19-11(14(22)18-8-7-17)9-12(20)16(4,5)6;1-14(2,3)11(19)9-10(12(20)17-8-7-16)18-13(21)15(4,5)6/h12H,8-11,18H2,1-7H3,(H,19,23);11H,8-10,17H2,1-7H3,(H,18,21);11H,7-10,17H2,1-6H3,(H,18,22)(H,19,21);10H,7-9,16H2,1-6H3,(H,17,20)(H,18,21). The fourth-order valence-corrected chi connectivity index (χ4v) is 6.96. The van der Waals surface area contributed by atoms with Crippen molar-refractivity contribution in [2.45, 2.75) is 229 Å². The molecule has 0 spiro atoms. The molecule has 0 fully saturated rings. The number of nitrogens with zero attached hydrogens (tertiary/aromatic N) is 2. The minimum absolute atomic E-state index is 0.00176. The lowest BCUT2D eigenvalue weighted by molar-refractivity contribution is -0.147. The first-order chi connectivity index (χ1) is 39.4. The van der Waals surface area contributed by atoms with Crippen LogP contribution >= 0.6 is 0 Å². The van der Waals surface area contributed by atoms with Crippen LogP contribution < -0.4 is 54.8 Å². The smallest absolute Gasteiger partial charge is 0.243 e. The zero-order valence-electron chi connectivity index (χ0n) is 59.3. The van der Waals surface area contributed by atoms with E-state index in [1.807, 2.05) is 41.5 Å². The number of ketones is 4. The Kier molecular flexibility index (Phi) is 39.1. The third-order valence-corrected chi connectivity index (χ3v) is 12.9. The average molecular weight is 1250 g/mol. The van der Waals surface area contributed by atoms with Gasteiger partial charge in [0, 0.05) is 137 Å². The van der Waals surface area contributed by atoms with Crippen LogP contribution in [0, 0.1) is 43.3 Å². The van der Waals surface area contributed by atoms with Gasteiger partial charge in [-0.1, -0.05) is 166 Å². The maximum Gasteiger partial charge on any atom is 0.243 e. The van der Waals surface area contributed by atoms with E-state index in [1.54, 1.807) is 139 Å². The molecule has 4 unspecified atom stereocenters. The van der Waals surface area contributed by atoms with Crippen molar-refractivity contribution in [2.75, 3.05) is 66.5 Å². The molecule has 0 aliphatic rings. The third kappa shape index (κ3) is 40.0. The van der Waals surface area contributed by atoms with E-state index in [1.165, 1.54) is 9.80 Å². The lowest BCUT2D eigenvalue weighted by atomic mass is 9.86. The van der Waals surface area contributed by atoms with Gasteiger partial charge < -0.3 is 64.6 Å². The molecule has 24 nitrogen and oxygen atoms in total. The molecule has 24 heteroatoms. The minimum atomic E-state index is -0.866. The van der Waals surface area contributed by atoms with E-state index in [0.717, 1.165) is 0 Å². The number of hydrogen-bond donors (Lipinski definition) is 10. The van der Waals surface area contributed by atoms with E-state index in [0.29, 0.717) is 58.8 Å². The van der Waals surface area contributed by atoms with Crippen molar-refractivity contribution in [3.63, 3.8) is 0 Å². The van der Waals surface area contributed by atoms with Gasteiger partial charge in [-0.05, 0) is 10.8 Å². The first kappa shape index (κ1) is 88.7. The van der Waals surface area contributed by atoms with Crippen molar-refractivity contribution in [1.82, 2.24) is 41.7 Å². The monoisotopic (exact) mass is 1250 g/mol. The van der Waals surface area contributed by atoms with E-state index in [2.05, 4.69) is 31.9 Å². The van der Waals surface area contributed by atoms with Gasteiger partial charge in [0.15, 0.2) is 0 Å². The molecule has 0 aromatic carbocycles. The van der Waals surface area contributed by atoms with Crippen molar-refractivity contribution in [3.05, 3.63) is 0 Å². The second kappa shape index (κ2) is 38.7. The van der Waals surface area contributed by atoms with Gasteiger partial charge in [0.05, 0.1) is 0 Å². The number of amides is 8. The van der Waals surface area contributed by atoms with Crippen LogP contribution in [0.3, 0.4) is 0 Å². The van der Waals surface area contributed by atoms with Crippen LogP contribution in [0.5, 0.6) is 0 Å². The Bertz CT molecular complexity index is 2250. The SMILES string of the molecule is CC(C)(C)C(=O)CC(NC(=O)C(C)(C)C)C(=O)NCCN.CC(C)(C)CC(=O)NC(CC(=O)C(C)(C)C)C(=O)NCCN.CN(C(=O)C(C)(C)C)C(CC(=O)C(C)(C)C)C(=O)NCCN.CN(C(=O)CC(C)(C)C)C(CC(=O)C(C)(C)C)C(=O)NCCN. The summed E-state index contributed by atoms with van der Waals surface area (Å²) in [7, 11) is 3.15. The van der Waals surface area contributed by atoms with E-state index in [4.69, 9.17) is 22.9 Å². The number of nitrogens with one attached hydrogen (secondary N) is 6. The predicted octanol–water partition coefficient (Wildman–Crippen LogP) is 3.85. The summed E-state index contributed by atoms with van der Waals surface area (Å²) < 4.78 is 0. The van der Waals surface area contributed by atoms with E-state index in [-0.39, 0.29) is 113 Å². The summed E-state index contributed by atoms with van der Waals surface area (Å²) in [5.41, 5.74) is 17.7. The first-order valence-electron chi connectivity index (χ1n) is 30.5. The highest BCUT2D eigenvalue weighted by molar-refractivity contribution is 5.97. The molecule has 0 aromatic rings. The lowest BCUT2D eigenvalue weighted by Crippen LogP contribution is -2.52. The number of rotatable bonds is 26. The van der Waals surface area contributed by atoms with Gasteiger partial charge in [-0.3, -0.25) is 57.5 Å². The van der Waals surface area contributed by atoms with E-state index >= 15 is 0 Å². The largest absolute Gasteiger partial charge is 0.353 e. The van der Waals surface area contributed by atoms with Crippen molar-refractivity contribution in [3.8, 4) is 0 Å². The van der Waals surface area contributed by atoms with Crippen LogP contribution in [-0.4, -0.2) is 171 Å². The highest BCUT2D eigenvalue weighted by Crippen LogP contribution is 2.26. The van der Waals surface area contributed by atoms with Crippen molar-refractivity contribution < 1.29 is 57.5 Å². The fraction of sp³-hybridized carbons (Fsp3) is 0.812. The lowest BCUT2D eigenvalue weighted by Gasteiger charge is -2.33. The number of Topliss-reactive ketones (excluding diaryl/α,β-unsaturated/α-hetero) is 4. The number of carbonyl (C=O) groups is 12. The zero-order valence-corrected chi connectivity index (χ0v) is 59.3. The molecule has 512 valence electrons. The summed E-state index contributed by atoms with van der Waals surface area (Å²) >= 11 is 0. The van der Waals surface area contributed by atoms with Gasteiger partial charge >= 0.3 is 0 Å². The molecule has 0 aliphatic heterocycles. The second-order valence-corrected chi connectivity index (χ2v) is 30.9. The van der Waals surface area contributed by atoms with Crippen LogP contribution in [-0.2, 0) is 57.5 Å². The summed E-state index contributed by atoms with van der Waals surface area (Å²) in [6.45, 7) is 46.4. The Morgan fingerprint density at radius 1 is 0.341 bits per heavy atom. The van der Waals surface area contributed by atoms with Gasteiger partial charge in [0.25, 0.3) is 0 Å². The van der Waals surface area contributed by atoms with Crippen LogP contribution in [0.1, 0.15) is 205 Å².